The number of H-pyrrole nitrogens is 1. The lowest BCUT2D eigenvalue weighted by molar-refractivity contribution is 0.182. The van der Waals surface area contributed by atoms with E-state index in [4.69, 9.17) is 0 Å². The number of aromatic nitrogens is 1. The van der Waals surface area contributed by atoms with Crippen LogP contribution in [0.4, 0.5) is 0 Å². The fourth-order valence-corrected chi connectivity index (χ4v) is 3.13. The van der Waals surface area contributed by atoms with Crippen LogP contribution >= 0.6 is 11.3 Å². The van der Waals surface area contributed by atoms with Gasteiger partial charge in [-0.15, -0.1) is 0 Å². The second-order valence-electron chi connectivity index (χ2n) is 3.81. The molecule has 0 aromatic carbocycles. The molecule has 0 aliphatic carbocycles. The Labute approximate surface area is 113 Å². The van der Waals surface area contributed by atoms with Crippen molar-refractivity contribution in [2.75, 3.05) is 6.54 Å². The quantitative estimate of drug-likeness (QED) is 0.746. The molecule has 2 aromatic heterocycles. The number of sulfonamides is 1. The zero-order valence-corrected chi connectivity index (χ0v) is 11.4. The summed E-state index contributed by atoms with van der Waals surface area (Å²) in [5.41, 5.74) is 0.284. The normalized spacial score (nSPS) is 13.3. The van der Waals surface area contributed by atoms with Crippen LogP contribution < -0.4 is 10.3 Å². The molecule has 0 amide bonds. The van der Waals surface area contributed by atoms with Crippen LogP contribution in [0, 0.1) is 0 Å². The molecular formula is C11H12N2O4S2. The van der Waals surface area contributed by atoms with Gasteiger partial charge in [-0.3, -0.25) is 4.79 Å². The van der Waals surface area contributed by atoms with E-state index in [1.54, 1.807) is 16.8 Å². The van der Waals surface area contributed by atoms with Crippen molar-refractivity contribution in [1.82, 2.24) is 9.71 Å². The van der Waals surface area contributed by atoms with E-state index in [0.717, 1.165) is 12.3 Å². The van der Waals surface area contributed by atoms with E-state index in [1.807, 2.05) is 0 Å². The molecular weight excluding hydrogens is 288 g/mol. The lowest BCUT2D eigenvalue weighted by Crippen LogP contribution is -2.28. The molecule has 1 unspecified atom stereocenters. The summed E-state index contributed by atoms with van der Waals surface area (Å²) in [4.78, 5) is 13.1. The van der Waals surface area contributed by atoms with Crippen LogP contribution in [0.5, 0.6) is 0 Å². The molecule has 0 spiro atoms. The van der Waals surface area contributed by atoms with Crippen molar-refractivity contribution in [2.45, 2.75) is 11.0 Å². The fraction of sp³-hybridized carbons (Fsp3) is 0.182. The molecule has 2 rings (SSSR count). The highest BCUT2D eigenvalue weighted by molar-refractivity contribution is 7.89. The molecule has 0 aliphatic heterocycles. The number of aromatic amines is 1. The van der Waals surface area contributed by atoms with Crippen LogP contribution in [0.2, 0.25) is 0 Å². The van der Waals surface area contributed by atoms with Crippen LogP contribution in [-0.2, 0) is 10.0 Å². The van der Waals surface area contributed by atoms with Crippen LogP contribution in [-0.4, -0.2) is 25.1 Å². The van der Waals surface area contributed by atoms with Crippen LogP contribution in [0.1, 0.15) is 11.7 Å². The van der Waals surface area contributed by atoms with Crippen molar-refractivity contribution >= 4 is 21.4 Å². The molecule has 102 valence electrons. The van der Waals surface area contributed by atoms with Gasteiger partial charge in [0.1, 0.15) is 0 Å². The number of hydrogen-bond donors (Lipinski definition) is 3. The third kappa shape index (κ3) is 3.51. The van der Waals surface area contributed by atoms with Crippen LogP contribution in [0.25, 0.3) is 0 Å². The summed E-state index contributed by atoms with van der Waals surface area (Å²) in [6.07, 6.45) is 0.213. The summed E-state index contributed by atoms with van der Waals surface area (Å²) in [5, 5.41) is 13.3. The smallest absolute Gasteiger partial charge is 0.247 e. The minimum atomic E-state index is -3.74. The highest BCUT2D eigenvalue weighted by atomic mass is 32.2. The number of pyridine rings is 1. The lowest BCUT2D eigenvalue weighted by atomic mass is 10.2. The Hall–Kier alpha value is -1.48. The average molecular weight is 300 g/mol. The van der Waals surface area contributed by atoms with Gasteiger partial charge in [-0.05, 0) is 28.5 Å². The minimum Gasteiger partial charge on any atom is -0.387 e. The van der Waals surface area contributed by atoms with E-state index in [1.165, 1.54) is 17.4 Å². The maximum atomic E-state index is 11.9. The number of thiophene rings is 1. The van der Waals surface area contributed by atoms with E-state index in [-0.39, 0.29) is 17.0 Å². The number of rotatable bonds is 5. The van der Waals surface area contributed by atoms with Gasteiger partial charge in [0, 0.05) is 18.8 Å². The van der Waals surface area contributed by atoms with E-state index in [2.05, 4.69) is 9.71 Å². The molecule has 6 nitrogen and oxygen atoms in total. The molecule has 19 heavy (non-hydrogen) atoms. The first kappa shape index (κ1) is 13.9. The van der Waals surface area contributed by atoms with Gasteiger partial charge in [0.2, 0.25) is 15.6 Å². The maximum absolute atomic E-state index is 11.9. The molecule has 0 bridgehead atoms. The Morgan fingerprint density at radius 3 is 2.74 bits per heavy atom. The topological polar surface area (TPSA) is 99.3 Å². The predicted molar refractivity (Wildman–Crippen MR) is 71.5 cm³/mol. The first-order valence-corrected chi connectivity index (χ1v) is 7.80. The van der Waals surface area contributed by atoms with Crippen molar-refractivity contribution in [3.8, 4) is 0 Å². The maximum Gasteiger partial charge on any atom is 0.247 e. The third-order valence-corrected chi connectivity index (χ3v) is 4.58. The van der Waals surface area contributed by atoms with Crippen molar-refractivity contribution in [3.63, 3.8) is 0 Å². The Morgan fingerprint density at radius 2 is 2.16 bits per heavy atom. The summed E-state index contributed by atoms with van der Waals surface area (Å²) < 4.78 is 26.0. The van der Waals surface area contributed by atoms with Gasteiger partial charge in [-0.25, -0.2) is 13.1 Å². The average Bonchev–Trinajstić information content (AvgIpc) is 2.90. The first-order valence-electron chi connectivity index (χ1n) is 5.37. The predicted octanol–water partition coefficient (Wildman–Crippen LogP) is 0.448. The number of hydrogen-bond acceptors (Lipinski definition) is 5. The van der Waals surface area contributed by atoms with Crippen LogP contribution in [0.15, 0.2) is 44.8 Å². The zero-order valence-electron chi connectivity index (χ0n) is 9.74. The fourth-order valence-electron chi connectivity index (χ4n) is 1.42. The molecule has 2 heterocycles. The largest absolute Gasteiger partial charge is 0.387 e. The van der Waals surface area contributed by atoms with E-state index in [0.29, 0.717) is 5.56 Å². The van der Waals surface area contributed by atoms with E-state index < -0.39 is 16.1 Å². The summed E-state index contributed by atoms with van der Waals surface area (Å²) in [6.45, 7) is -0.127. The summed E-state index contributed by atoms with van der Waals surface area (Å²) in [7, 11) is -3.74. The Balaban J connectivity index is 2.06. The molecule has 0 aliphatic rings. The highest BCUT2D eigenvalue weighted by Crippen LogP contribution is 2.16. The number of aliphatic hydroxyl groups excluding tert-OH is 1. The van der Waals surface area contributed by atoms with Gasteiger partial charge < -0.3 is 10.1 Å². The standard InChI is InChI=1S/C11H12N2O4S2/c14-10(8-3-4-18-7-8)6-13-19(16,17)9-1-2-11(15)12-5-9/h1-5,7,10,13-14H,6H2,(H,12,15). The Kier molecular flexibility index (Phi) is 4.15. The second-order valence-corrected chi connectivity index (χ2v) is 6.36. The van der Waals surface area contributed by atoms with Gasteiger partial charge in [0.05, 0.1) is 11.0 Å². The van der Waals surface area contributed by atoms with Gasteiger partial charge >= 0.3 is 0 Å². The minimum absolute atomic E-state index is 0.0513. The van der Waals surface area contributed by atoms with Crippen molar-refractivity contribution in [2.24, 2.45) is 0 Å². The molecule has 8 heteroatoms. The first-order chi connectivity index (χ1) is 8.99. The Bertz CT molecular complexity index is 671. The van der Waals surface area contributed by atoms with Gasteiger partial charge in [-0.1, -0.05) is 0 Å². The lowest BCUT2D eigenvalue weighted by Gasteiger charge is -2.10. The van der Waals surface area contributed by atoms with Crippen molar-refractivity contribution < 1.29 is 13.5 Å². The summed E-state index contributed by atoms with van der Waals surface area (Å²) in [6, 6.07) is 4.06. The molecule has 0 saturated carbocycles. The monoisotopic (exact) mass is 300 g/mol. The molecule has 2 aromatic rings. The third-order valence-electron chi connectivity index (χ3n) is 2.46. The van der Waals surface area contributed by atoms with Gasteiger partial charge in [0.15, 0.2) is 0 Å². The second kappa shape index (κ2) is 5.66. The van der Waals surface area contributed by atoms with Crippen molar-refractivity contribution in [3.05, 3.63) is 51.1 Å². The molecule has 1 atom stereocenters. The number of aliphatic hydroxyl groups is 1. The van der Waals surface area contributed by atoms with E-state index in [9.17, 15) is 18.3 Å². The summed E-state index contributed by atoms with van der Waals surface area (Å²) in [5.74, 6) is 0. The van der Waals surface area contributed by atoms with Gasteiger partial charge in [-0.2, -0.15) is 11.3 Å². The Morgan fingerprint density at radius 1 is 1.37 bits per heavy atom. The highest BCUT2D eigenvalue weighted by Gasteiger charge is 2.16. The molecule has 0 fully saturated rings. The van der Waals surface area contributed by atoms with E-state index >= 15 is 0 Å². The van der Waals surface area contributed by atoms with Crippen molar-refractivity contribution in [1.29, 1.82) is 0 Å². The summed E-state index contributed by atoms with van der Waals surface area (Å²) >= 11 is 1.42. The SMILES string of the molecule is O=c1ccc(S(=O)(=O)NCC(O)c2ccsc2)c[nH]1. The van der Waals surface area contributed by atoms with Crippen LogP contribution in [0.3, 0.4) is 0 Å². The molecule has 0 radical (unpaired) electrons. The molecule has 3 N–H and O–H groups in total. The zero-order chi connectivity index (χ0) is 13.9. The van der Waals surface area contributed by atoms with Gasteiger partial charge in [0.25, 0.3) is 0 Å². The number of nitrogens with one attached hydrogen (secondary N) is 2. The molecule has 0 saturated heterocycles.